The van der Waals surface area contributed by atoms with Crippen LogP contribution in [0.15, 0.2) is 5.38 Å². The number of aliphatic hydroxyl groups is 2. The lowest BCUT2D eigenvalue weighted by Crippen LogP contribution is -2.16. The van der Waals surface area contributed by atoms with E-state index in [1.807, 2.05) is 0 Å². The van der Waals surface area contributed by atoms with Gasteiger partial charge < -0.3 is 10.2 Å². The highest BCUT2D eigenvalue weighted by Gasteiger charge is 2.35. The molecule has 1 heterocycles. The summed E-state index contributed by atoms with van der Waals surface area (Å²) in [4.78, 5) is 3.08. The summed E-state index contributed by atoms with van der Waals surface area (Å²) < 4.78 is 36.2. The first-order valence-corrected chi connectivity index (χ1v) is 4.52. The van der Waals surface area contributed by atoms with E-state index in [0.717, 1.165) is 0 Å². The van der Waals surface area contributed by atoms with Gasteiger partial charge in [-0.3, -0.25) is 0 Å². The maximum atomic E-state index is 12.1. The summed E-state index contributed by atoms with van der Waals surface area (Å²) in [7, 11) is 0. The Labute approximate surface area is 86.2 Å². The number of rotatable bonds is 2. The highest BCUT2D eigenvalue weighted by Crippen LogP contribution is 2.32. The van der Waals surface area contributed by atoms with Crippen molar-refractivity contribution in [2.24, 2.45) is 0 Å². The summed E-state index contributed by atoms with van der Waals surface area (Å²) in [5.74, 6) is 0. The van der Waals surface area contributed by atoms with Crippen LogP contribution < -0.4 is 0 Å². The van der Waals surface area contributed by atoms with Gasteiger partial charge in [0.1, 0.15) is 11.1 Å². The molecule has 1 aromatic heterocycles. The van der Waals surface area contributed by atoms with Gasteiger partial charge in [-0.05, 0) is 0 Å². The van der Waals surface area contributed by atoms with Crippen LogP contribution >= 0.6 is 11.3 Å². The Morgan fingerprint density at radius 1 is 1.47 bits per heavy atom. The Bertz CT molecular complexity index is 384. The lowest BCUT2D eigenvalue weighted by molar-refractivity contribution is -0.141. The zero-order chi connectivity index (χ0) is 11.6. The van der Waals surface area contributed by atoms with Gasteiger partial charge in [0.05, 0.1) is 6.07 Å². The van der Waals surface area contributed by atoms with E-state index in [1.54, 1.807) is 0 Å². The zero-order valence-corrected chi connectivity index (χ0v) is 7.88. The van der Waals surface area contributed by atoms with Crippen molar-refractivity contribution in [3.63, 3.8) is 0 Å². The quantitative estimate of drug-likeness (QED) is 0.756. The number of hydrogen-bond donors (Lipinski definition) is 2. The van der Waals surface area contributed by atoms with E-state index in [1.165, 1.54) is 6.07 Å². The molecular formula is C7H5F3N2O2S. The molecule has 2 N–H and O–H groups in total. The van der Waals surface area contributed by atoms with E-state index in [-0.39, 0.29) is 5.01 Å². The monoisotopic (exact) mass is 238 g/mol. The Balaban J connectivity index is 2.91. The first kappa shape index (κ1) is 11.9. The van der Waals surface area contributed by atoms with Crippen LogP contribution in [0.1, 0.15) is 16.8 Å². The Hall–Kier alpha value is -1.17. The number of aromatic nitrogens is 1. The average molecular weight is 238 g/mol. The van der Waals surface area contributed by atoms with Crippen LogP contribution in [0.25, 0.3) is 0 Å². The molecular weight excluding hydrogens is 233 g/mol. The average Bonchev–Trinajstić information content (AvgIpc) is 2.63. The van der Waals surface area contributed by atoms with E-state index in [9.17, 15) is 18.3 Å². The third-order valence-electron chi connectivity index (χ3n) is 1.50. The largest absolute Gasteiger partial charge is 0.434 e. The molecule has 0 amide bonds. The maximum Gasteiger partial charge on any atom is 0.434 e. The topological polar surface area (TPSA) is 77.1 Å². The maximum absolute atomic E-state index is 12.1. The summed E-state index contributed by atoms with van der Waals surface area (Å²) in [6.45, 7) is 0. The summed E-state index contributed by atoms with van der Waals surface area (Å²) in [5.41, 5.74) is -1.15. The van der Waals surface area contributed by atoms with E-state index < -0.39 is 24.1 Å². The van der Waals surface area contributed by atoms with Gasteiger partial charge in [-0.25, -0.2) is 4.98 Å². The van der Waals surface area contributed by atoms with Crippen LogP contribution in [0.5, 0.6) is 0 Å². The molecule has 0 fully saturated rings. The molecule has 8 heteroatoms. The van der Waals surface area contributed by atoms with Crippen LogP contribution in [0.4, 0.5) is 13.2 Å². The van der Waals surface area contributed by atoms with Crippen LogP contribution in [0.3, 0.4) is 0 Å². The third-order valence-corrected chi connectivity index (χ3v) is 2.41. The standard InChI is InChI=1S/C7H5F3N2O2S/c8-7(9,10)4-2-15-6(12-4)5(14)3(13)1-11/h2-3,5,13-14H. The van der Waals surface area contributed by atoms with Crippen molar-refractivity contribution in [3.8, 4) is 6.07 Å². The molecule has 0 radical (unpaired) electrons. The molecule has 1 aromatic rings. The summed E-state index contributed by atoms with van der Waals surface area (Å²) in [6, 6.07) is 1.30. The van der Waals surface area contributed by atoms with Gasteiger partial charge in [-0.1, -0.05) is 0 Å². The van der Waals surface area contributed by atoms with Crippen LogP contribution in [-0.4, -0.2) is 21.3 Å². The number of halogens is 3. The Morgan fingerprint density at radius 2 is 2.07 bits per heavy atom. The molecule has 0 bridgehead atoms. The van der Waals surface area contributed by atoms with Crippen molar-refractivity contribution in [2.45, 2.75) is 18.4 Å². The smallest absolute Gasteiger partial charge is 0.382 e. The van der Waals surface area contributed by atoms with Crippen LogP contribution in [0.2, 0.25) is 0 Å². The molecule has 1 rings (SSSR count). The second kappa shape index (κ2) is 4.14. The number of thiazole rings is 1. The SMILES string of the molecule is N#CC(O)C(O)c1nc(C(F)(F)F)cs1. The van der Waals surface area contributed by atoms with Crippen molar-refractivity contribution in [3.05, 3.63) is 16.1 Å². The molecule has 0 spiro atoms. The molecule has 0 saturated heterocycles. The van der Waals surface area contributed by atoms with Gasteiger partial charge in [0, 0.05) is 5.38 Å². The Morgan fingerprint density at radius 3 is 2.47 bits per heavy atom. The number of aliphatic hydroxyl groups excluding tert-OH is 2. The number of hydrogen-bond acceptors (Lipinski definition) is 5. The lowest BCUT2D eigenvalue weighted by atomic mass is 10.2. The van der Waals surface area contributed by atoms with Gasteiger partial charge in [0.2, 0.25) is 0 Å². The van der Waals surface area contributed by atoms with E-state index >= 15 is 0 Å². The van der Waals surface area contributed by atoms with Gasteiger partial charge in [-0.2, -0.15) is 18.4 Å². The summed E-state index contributed by atoms with van der Waals surface area (Å²) >= 11 is 0.536. The lowest BCUT2D eigenvalue weighted by Gasteiger charge is -2.07. The normalized spacial score (nSPS) is 15.7. The fourth-order valence-corrected chi connectivity index (χ4v) is 1.60. The highest BCUT2D eigenvalue weighted by atomic mass is 32.1. The number of nitrogens with zero attached hydrogens (tertiary/aromatic N) is 2. The first-order chi connectivity index (χ1) is 6.86. The predicted molar refractivity (Wildman–Crippen MR) is 43.7 cm³/mol. The van der Waals surface area contributed by atoms with Crippen molar-refractivity contribution in [1.29, 1.82) is 5.26 Å². The van der Waals surface area contributed by atoms with Gasteiger partial charge in [0.15, 0.2) is 11.8 Å². The minimum absolute atomic E-state index is 0.337. The van der Waals surface area contributed by atoms with Crippen LogP contribution in [-0.2, 0) is 6.18 Å². The van der Waals surface area contributed by atoms with Crippen molar-refractivity contribution in [1.82, 2.24) is 4.98 Å². The fraction of sp³-hybridized carbons (Fsp3) is 0.429. The molecule has 82 valence electrons. The van der Waals surface area contributed by atoms with Crippen molar-refractivity contribution in [2.75, 3.05) is 0 Å². The zero-order valence-electron chi connectivity index (χ0n) is 7.06. The molecule has 2 atom stereocenters. The first-order valence-electron chi connectivity index (χ1n) is 3.64. The summed E-state index contributed by atoms with van der Waals surface area (Å²) in [5, 5.41) is 26.6. The van der Waals surface area contributed by atoms with E-state index in [2.05, 4.69) is 4.98 Å². The third kappa shape index (κ3) is 2.65. The van der Waals surface area contributed by atoms with Crippen molar-refractivity contribution >= 4 is 11.3 Å². The number of nitriles is 1. The molecule has 0 aromatic carbocycles. The second-order valence-corrected chi connectivity index (χ2v) is 3.48. The molecule has 2 unspecified atom stereocenters. The van der Waals surface area contributed by atoms with Crippen LogP contribution in [0, 0.1) is 11.3 Å². The molecule has 0 aliphatic carbocycles. The summed E-state index contributed by atoms with van der Waals surface area (Å²) in [6.07, 6.45) is -8.08. The van der Waals surface area contributed by atoms with E-state index in [4.69, 9.17) is 10.4 Å². The highest BCUT2D eigenvalue weighted by molar-refractivity contribution is 7.09. The Kier molecular flexibility index (Phi) is 3.28. The second-order valence-electron chi connectivity index (χ2n) is 2.59. The molecule has 0 aliphatic rings. The van der Waals surface area contributed by atoms with Gasteiger partial charge in [0.25, 0.3) is 0 Å². The van der Waals surface area contributed by atoms with Crippen molar-refractivity contribution < 1.29 is 23.4 Å². The number of alkyl halides is 3. The minimum Gasteiger partial charge on any atom is -0.382 e. The molecule has 0 saturated carbocycles. The van der Waals surface area contributed by atoms with Gasteiger partial charge >= 0.3 is 6.18 Å². The fourth-order valence-electron chi connectivity index (χ4n) is 0.759. The minimum atomic E-state index is -4.59. The molecule has 4 nitrogen and oxygen atoms in total. The molecule has 0 aliphatic heterocycles. The predicted octanol–water partition coefficient (Wildman–Crippen LogP) is 1.08. The van der Waals surface area contributed by atoms with Gasteiger partial charge in [-0.15, -0.1) is 11.3 Å². The molecule has 15 heavy (non-hydrogen) atoms. The van der Waals surface area contributed by atoms with E-state index in [0.29, 0.717) is 16.7 Å².